The molecule has 0 aliphatic heterocycles. The van der Waals surface area contributed by atoms with Gasteiger partial charge in [0, 0.05) is 17.5 Å². The largest absolute Gasteiger partial charge is 0.358 e. The van der Waals surface area contributed by atoms with Crippen molar-refractivity contribution in [3.63, 3.8) is 0 Å². The van der Waals surface area contributed by atoms with Crippen LogP contribution >= 0.6 is 23.6 Å². The first-order valence-corrected chi connectivity index (χ1v) is 8.71. The predicted octanol–water partition coefficient (Wildman–Crippen LogP) is 4.74. The van der Waals surface area contributed by atoms with Crippen LogP contribution < -0.4 is 10.6 Å². The Morgan fingerprint density at radius 2 is 1.92 bits per heavy atom. The second kappa shape index (κ2) is 7.51. The minimum absolute atomic E-state index is 0.329. The Morgan fingerprint density at radius 1 is 1.17 bits per heavy atom. The van der Waals surface area contributed by atoms with Crippen LogP contribution in [-0.2, 0) is 6.54 Å². The second-order valence-electron chi connectivity index (χ2n) is 5.24. The molecule has 2 aromatic carbocycles. The monoisotopic (exact) mass is 357 g/mol. The molecule has 3 nitrogen and oxygen atoms in total. The molecule has 0 spiro atoms. The van der Waals surface area contributed by atoms with Gasteiger partial charge in [0.15, 0.2) is 5.11 Å². The van der Waals surface area contributed by atoms with Crippen molar-refractivity contribution in [1.29, 1.82) is 0 Å². The SMILES string of the molecule is Cc1nc(-c2ccc(CNC(=S)Nc3ccccc3F)cc2)cs1. The fourth-order valence-corrected chi connectivity index (χ4v) is 3.00. The Kier molecular flexibility index (Phi) is 5.17. The average molecular weight is 357 g/mol. The summed E-state index contributed by atoms with van der Waals surface area (Å²) in [7, 11) is 0. The van der Waals surface area contributed by atoms with Crippen LogP contribution in [0.3, 0.4) is 0 Å². The van der Waals surface area contributed by atoms with Crippen molar-refractivity contribution in [2.75, 3.05) is 5.32 Å². The molecular formula is C18H16FN3S2. The molecule has 3 rings (SSSR count). The van der Waals surface area contributed by atoms with Crippen molar-refractivity contribution in [3.05, 3.63) is 70.3 Å². The predicted molar refractivity (Wildman–Crippen MR) is 102 cm³/mol. The zero-order valence-corrected chi connectivity index (χ0v) is 14.7. The second-order valence-corrected chi connectivity index (χ2v) is 6.71. The number of aromatic nitrogens is 1. The number of thiazole rings is 1. The van der Waals surface area contributed by atoms with Gasteiger partial charge >= 0.3 is 0 Å². The Bertz CT molecular complexity index is 843. The van der Waals surface area contributed by atoms with Gasteiger partial charge < -0.3 is 10.6 Å². The lowest BCUT2D eigenvalue weighted by Crippen LogP contribution is -2.28. The number of rotatable bonds is 4. The maximum Gasteiger partial charge on any atom is 0.171 e. The third-order valence-electron chi connectivity index (χ3n) is 3.44. The summed E-state index contributed by atoms with van der Waals surface area (Å²) in [6, 6.07) is 14.6. The third kappa shape index (κ3) is 4.15. The first kappa shape index (κ1) is 16.5. The summed E-state index contributed by atoms with van der Waals surface area (Å²) in [5, 5.41) is 9.43. The van der Waals surface area contributed by atoms with Gasteiger partial charge in [-0.15, -0.1) is 11.3 Å². The number of nitrogens with zero attached hydrogens (tertiary/aromatic N) is 1. The van der Waals surface area contributed by atoms with Gasteiger partial charge in [0.2, 0.25) is 0 Å². The number of nitrogens with one attached hydrogen (secondary N) is 2. The van der Waals surface area contributed by atoms with Gasteiger partial charge in [0.25, 0.3) is 0 Å². The van der Waals surface area contributed by atoms with E-state index in [1.807, 2.05) is 31.2 Å². The molecule has 0 saturated carbocycles. The van der Waals surface area contributed by atoms with E-state index in [-0.39, 0.29) is 5.82 Å². The van der Waals surface area contributed by atoms with E-state index in [0.717, 1.165) is 21.8 Å². The highest BCUT2D eigenvalue weighted by Gasteiger charge is 2.04. The standard InChI is InChI=1S/C18H16FN3S2/c1-12-21-17(11-24-12)14-8-6-13(7-9-14)10-20-18(23)22-16-5-3-2-4-15(16)19/h2-9,11H,10H2,1H3,(H2,20,22,23). The Balaban J connectivity index is 1.57. The molecule has 0 atom stereocenters. The minimum atomic E-state index is -0.329. The Hall–Kier alpha value is -2.31. The lowest BCUT2D eigenvalue weighted by Gasteiger charge is -2.11. The molecule has 1 heterocycles. The molecule has 0 radical (unpaired) electrons. The van der Waals surface area contributed by atoms with Gasteiger partial charge in [0.1, 0.15) is 5.82 Å². The van der Waals surface area contributed by atoms with E-state index in [0.29, 0.717) is 17.3 Å². The molecule has 0 aliphatic carbocycles. The molecule has 0 amide bonds. The van der Waals surface area contributed by atoms with Crippen LogP contribution in [0.15, 0.2) is 53.9 Å². The third-order valence-corrected chi connectivity index (χ3v) is 4.46. The minimum Gasteiger partial charge on any atom is -0.358 e. The van der Waals surface area contributed by atoms with Gasteiger partial charge in [-0.1, -0.05) is 36.4 Å². The van der Waals surface area contributed by atoms with Crippen molar-refractivity contribution in [2.24, 2.45) is 0 Å². The number of aryl methyl sites for hydroxylation is 1. The molecule has 1 aromatic heterocycles. The molecule has 24 heavy (non-hydrogen) atoms. The van der Waals surface area contributed by atoms with Crippen molar-refractivity contribution < 1.29 is 4.39 Å². The summed E-state index contributed by atoms with van der Waals surface area (Å²) in [5.41, 5.74) is 3.54. The number of halogens is 1. The first-order chi connectivity index (χ1) is 11.6. The van der Waals surface area contributed by atoms with Gasteiger partial charge in [0.05, 0.1) is 16.4 Å². The summed E-state index contributed by atoms with van der Waals surface area (Å²) in [6.07, 6.45) is 0. The van der Waals surface area contributed by atoms with E-state index in [1.54, 1.807) is 29.5 Å². The number of benzene rings is 2. The molecule has 122 valence electrons. The fourth-order valence-electron chi connectivity index (χ4n) is 2.20. The molecule has 2 N–H and O–H groups in total. The normalized spacial score (nSPS) is 10.4. The molecule has 0 saturated heterocycles. The van der Waals surface area contributed by atoms with E-state index in [4.69, 9.17) is 12.2 Å². The van der Waals surface area contributed by atoms with Crippen LogP contribution in [0.1, 0.15) is 10.6 Å². The van der Waals surface area contributed by atoms with Gasteiger partial charge in [-0.2, -0.15) is 0 Å². The Morgan fingerprint density at radius 3 is 2.58 bits per heavy atom. The lowest BCUT2D eigenvalue weighted by molar-refractivity contribution is 0.632. The lowest BCUT2D eigenvalue weighted by atomic mass is 10.1. The number of para-hydroxylation sites is 1. The van der Waals surface area contributed by atoms with Crippen molar-refractivity contribution in [1.82, 2.24) is 10.3 Å². The highest BCUT2D eigenvalue weighted by atomic mass is 32.1. The highest BCUT2D eigenvalue weighted by Crippen LogP contribution is 2.21. The average Bonchev–Trinajstić information content (AvgIpc) is 3.02. The maximum atomic E-state index is 13.6. The van der Waals surface area contributed by atoms with Crippen molar-refractivity contribution in [3.8, 4) is 11.3 Å². The van der Waals surface area contributed by atoms with Gasteiger partial charge in [-0.3, -0.25) is 0 Å². The smallest absolute Gasteiger partial charge is 0.171 e. The summed E-state index contributed by atoms with van der Waals surface area (Å²) < 4.78 is 13.6. The highest BCUT2D eigenvalue weighted by molar-refractivity contribution is 7.80. The van der Waals surface area contributed by atoms with Crippen LogP contribution in [0.25, 0.3) is 11.3 Å². The van der Waals surface area contributed by atoms with Crippen LogP contribution in [0.5, 0.6) is 0 Å². The van der Waals surface area contributed by atoms with Crippen molar-refractivity contribution >= 4 is 34.4 Å². The summed E-state index contributed by atoms with van der Waals surface area (Å²) in [6.45, 7) is 2.56. The maximum absolute atomic E-state index is 13.6. The fraction of sp³-hybridized carbons (Fsp3) is 0.111. The summed E-state index contributed by atoms with van der Waals surface area (Å²) in [5.74, 6) is -0.329. The number of hydrogen-bond donors (Lipinski definition) is 2. The number of thiocarbonyl (C=S) groups is 1. The molecular weight excluding hydrogens is 341 g/mol. The van der Waals surface area contributed by atoms with E-state index >= 15 is 0 Å². The zero-order valence-electron chi connectivity index (χ0n) is 13.0. The molecule has 3 aromatic rings. The number of hydrogen-bond acceptors (Lipinski definition) is 3. The summed E-state index contributed by atoms with van der Waals surface area (Å²) >= 11 is 6.84. The van der Waals surface area contributed by atoms with Crippen LogP contribution in [0.4, 0.5) is 10.1 Å². The molecule has 6 heteroatoms. The first-order valence-electron chi connectivity index (χ1n) is 7.42. The van der Waals surface area contributed by atoms with Gasteiger partial charge in [-0.25, -0.2) is 9.37 Å². The van der Waals surface area contributed by atoms with Crippen LogP contribution in [0, 0.1) is 12.7 Å². The quantitative estimate of drug-likeness (QED) is 0.661. The Labute approximate surface area is 149 Å². The van der Waals surface area contributed by atoms with E-state index < -0.39 is 0 Å². The van der Waals surface area contributed by atoms with E-state index in [2.05, 4.69) is 21.0 Å². The van der Waals surface area contributed by atoms with Crippen LogP contribution in [-0.4, -0.2) is 10.1 Å². The van der Waals surface area contributed by atoms with Crippen LogP contribution in [0.2, 0.25) is 0 Å². The zero-order chi connectivity index (χ0) is 16.9. The topological polar surface area (TPSA) is 37.0 Å². The molecule has 0 unspecified atom stereocenters. The van der Waals surface area contributed by atoms with E-state index in [1.165, 1.54) is 6.07 Å². The molecule has 0 fully saturated rings. The summed E-state index contributed by atoms with van der Waals surface area (Å²) in [4.78, 5) is 4.48. The molecule has 0 bridgehead atoms. The van der Waals surface area contributed by atoms with Crippen molar-refractivity contribution in [2.45, 2.75) is 13.5 Å². The van der Waals surface area contributed by atoms with E-state index in [9.17, 15) is 4.39 Å². The van der Waals surface area contributed by atoms with Gasteiger partial charge in [-0.05, 0) is 36.8 Å². The molecule has 0 aliphatic rings. The number of anilines is 1.